The van der Waals surface area contributed by atoms with Gasteiger partial charge in [0.05, 0.1) is 0 Å². The molecule has 1 N–H and O–H groups in total. The smallest absolute Gasteiger partial charge is 0.204 e. The lowest BCUT2D eigenvalue weighted by molar-refractivity contribution is 0.561. The van der Waals surface area contributed by atoms with Crippen LogP contribution in [0.5, 0.6) is 0 Å². The number of hydrogen-bond acceptors (Lipinski definition) is 2. The summed E-state index contributed by atoms with van der Waals surface area (Å²) in [6.07, 6.45) is 2.10. The standard InChI is InChI=1S/C7H16ClOPS2/c1-4-7(5-6(2)3)12-10(8,9)11/h6-7H,4-5H2,1-3H3,(H,9,11). The van der Waals surface area contributed by atoms with E-state index in [1.165, 1.54) is 11.4 Å². The quantitative estimate of drug-likeness (QED) is 0.741. The van der Waals surface area contributed by atoms with Gasteiger partial charge in [0.15, 0.2) is 0 Å². The van der Waals surface area contributed by atoms with Crippen LogP contribution in [0.1, 0.15) is 33.6 Å². The molecule has 0 bridgehead atoms. The normalized spacial score (nSPS) is 19.2. The summed E-state index contributed by atoms with van der Waals surface area (Å²) in [5.74, 6) is 0.640. The second-order valence-electron chi connectivity index (χ2n) is 3.22. The van der Waals surface area contributed by atoms with Crippen LogP contribution in [0.15, 0.2) is 0 Å². The third-order valence-corrected chi connectivity index (χ3v) is 5.72. The van der Waals surface area contributed by atoms with Gasteiger partial charge in [-0.3, -0.25) is 0 Å². The van der Waals surface area contributed by atoms with Crippen LogP contribution in [0, 0.1) is 5.92 Å². The fourth-order valence-electron chi connectivity index (χ4n) is 0.994. The zero-order valence-electron chi connectivity index (χ0n) is 7.66. The van der Waals surface area contributed by atoms with Crippen molar-refractivity contribution in [2.45, 2.75) is 38.9 Å². The minimum atomic E-state index is -2.57. The van der Waals surface area contributed by atoms with E-state index in [-0.39, 0.29) is 0 Å². The van der Waals surface area contributed by atoms with Gasteiger partial charge in [0, 0.05) is 5.25 Å². The molecule has 0 aliphatic carbocycles. The predicted molar refractivity (Wildman–Crippen MR) is 63.5 cm³/mol. The second-order valence-corrected chi connectivity index (χ2v) is 12.2. The van der Waals surface area contributed by atoms with Gasteiger partial charge in [-0.05, 0) is 41.8 Å². The summed E-state index contributed by atoms with van der Waals surface area (Å²) in [5, 5.41) is 0.415. The number of hydrogen-bond donors (Lipinski definition) is 1. The maximum atomic E-state index is 9.29. The van der Waals surface area contributed by atoms with E-state index < -0.39 is 4.82 Å². The van der Waals surface area contributed by atoms with Crippen LogP contribution in [-0.2, 0) is 11.8 Å². The lowest BCUT2D eigenvalue weighted by atomic mass is 10.1. The van der Waals surface area contributed by atoms with E-state index in [2.05, 4.69) is 20.8 Å². The molecule has 12 heavy (non-hydrogen) atoms. The minimum absolute atomic E-state index is 0.415. The molecule has 0 aliphatic rings. The first-order valence-electron chi connectivity index (χ1n) is 4.06. The zero-order chi connectivity index (χ0) is 9.78. The van der Waals surface area contributed by atoms with Gasteiger partial charge >= 0.3 is 0 Å². The van der Waals surface area contributed by atoms with Crippen LogP contribution in [0.3, 0.4) is 0 Å². The Bertz CT molecular complexity index is 169. The van der Waals surface area contributed by atoms with Crippen molar-refractivity contribution in [1.82, 2.24) is 0 Å². The minimum Gasteiger partial charge on any atom is -0.346 e. The molecule has 0 saturated carbocycles. The third-order valence-electron chi connectivity index (χ3n) is 1.47. The van der Waals surface area contributed by atoms with E-state index in [1.807, 2.05) is 0 Å². The van der Waals surface area contributed by atoms with E-state index >= 15 is 0 Å². The van der Waals surface area contributed by atoms with Crippen molar-refractivity contribution >= 4 is 39.2 Å². The highest BCUT2D eigenvalue weighted by Crippen LogP contribution is 2.62. The summed E-state index contributed by atoms with van der Waals surface area (Å²) >= 11 is 11.8. The van der Waals surface area contributed by atoms with Crippen molar-refractivity contribution in [2.75, 3.05) is 0 Å². The highest BCUT2D eigenvalue weighted by molar-refractivity contribution is 8.76. The average Bonchev–Trinajstić information content (AvgIpc) is 1.82. The Kier molecular flexibility index (Phi) is 6.48. The van der Waals surface area contributed by atoms with Gasteiger partial charge in [-0.25, -0.2) is 0 Å². The monoisotopic (exact) mass is 246 g/mol. The SMILES string of the molecule is CCC(CC(C)C)SP(O)(=S)Cl. The Labute approximate surface area is 88.9 Å². The molecule has 0 fully saturated rings. The fourth-order valence-corrected chi connectivity index (χ4v) is 5.90. The van der Waals surface area contributed by atoms with Gasteiger partial charge in [-0.1, -0.05) is 32.2 Å². The summed E-state index contributed by atoms with van der Waals surface area (Å²) in [6.45, 7) is 6.43. The summed E-state index contributed by atoms with van der Waals surface area (Å²) in [5.41, 5.74) is 0. The van der Waals surface area contributed by atoms with Gasteiger partial charge in [-0.15, -0.1) is 0 Å². The molecule has 74 valence electrons. The summed E-state index contributed by atoms with van der Waals surface area (Å²) in [6, 6.07) is 0. The van der Waals surface area contributed by atoms with Crippen LogP contribution in [0.25, 0.3) is 0 Å². The Hall–Kier alpha value is 1.25. The largest absolute Gasteiger partial charge is 0.346 e. The molecule has 0 amide bonds. The Morgan fingerprint density at radius 1 is 1.58 bits per heavy atom. The molecule has 0 rings (SSSR count). The van der Waals surface area contributed by atoms with E-state index in [4.69, 9.17) is 23.0 Å². The third kappa shape index (κ3) is 7.88. The molecule has 0 saturated heterocycles. The van der Waals surface area contributed by atoms with E-state index in [9.17, 15) is 4.89 Å². The van der Waals surface area contributed by atoms with Crippen molar-refractivity contribution in [2.24, 2.45) is 5.92 Å². The molecule has 0 heterocycles. The molecule has 0 aliphatic heterocycles. The maximum absolute atomic E-state index is 9.29. The number of rotatable bonds is 5. The molecule has 0 aromatic heterocycles. The van der Waals surface area contributed by atoms with Crippen LogP contribution in [0.2, 0.25) is 0 Å². The molecule has 0 radical (unpaired) electrons. The molecular weight excluding hydrogens is 231 g/mol. The molecule has 1 nitrogen and oxygen atoms in total. The average molecular weight is 247 g/mol. The summed E-state index contributed by atoms with van der Waals surface area (Å²) < 4.78 is 0. The lowest BCUT2D eigenvalue weighted by Crippen LogP contribution is -2.04. The van der Waals surface area contributed by atoms with Gasteiger partial charge in [0.1, 0.15) is 0 Å². The first-order valence-corrected chi connectivity index (χ1v) is 9.20. The molecular formula is C7H16ClOPS2. The number of halogens is 1. The lowest BCUT2D eigenvalue weighted by Gasteiger charge is -2.18. The molecule has 0 spiro atoms. The Morgan fingerprint density at radius 2 is 2.08 bits per heavy atom. The van der Waals surface area contributed by atoms with E-state index in [0.717, 1.165) is 12.8 Å². The summed E-state index contributed by atoms with van der Waals surface area (Å²) in [4.78, 5) is 6.71. The van der Waals surface area contributed by atoms with Gasteiger partial charge in [0.2, 0.25) is 4.82 Å². The van der Waals surface area contributed by atoms with Gasteiger partial charge < -0.3 is 4.89 Å². The van der Waals surface area contributed by atoms with Gasteiger partial charge in [-0.2, -0.15) is 0 Å². The van der Waals surface area contributed by atoms with E-state index in [0.29, 0.717) is 11.2 Å². The van der Waals surface area contributed by atoms with Crippen molar-refractivity contribution in [3.05, 3.63) is 0 Å². The maximum Gasteiger partial charge on any atom is 0.204 e. The molecule has 2 atom stereocenters. The topological polar surface area (TPSA) is 20.2 Å². The molecule has 2 unspecified atom stereocenters. The van der Waals surface area contributed by atoms with Gasteiger partial charge in [0.25, 0.3) is 0 Å². The molecule has 0 aromatic carbocycles. The first-order chi connectivity index (χ1) is 5.35. The summed E-state index contributed by atoms with van der Waals surface area (Å²) in [7, 11) is 0. The Morgan fingerprint density at radius 3 is 2.33 bits per heavy atom. The zero-order valence-corrected chi connectivity index (χ0v) is 10.9. The van der Waals surface area contributed by atoms with Crippen molar-refractivity contribution in [3.63, 3.8) is 0 Å². The van der Waals surface area contributed by atoms with Crippen LogP contribution in [0.4, 0.5) is 0 Å². The predicted octanol–water partition coefficient (Wildman–Crippen LogP) is 4.00. The Balaban J connectivity index is 3.92. The highest BCUT2D eigenvalue weighted by Gasteiger charge is 2.17. The van der Waals surface area contributed by atoms with Crippen LogP contribution in [-0.4, -0.2) is 10.1 Å². The first kappa shape index (κ1) is 13.2. The molecule has 0 aromatic rings. The van der Waals surface area contributed by atoms with E-state index in [1.54, 1.807) is 0 Å². The van der Waals surface area contributed by atoms with Crippen LogP contribution >= 0.6 is 27.4 Å². The van der Waals surface area contributed by atoms with Crippen LogP contribution < -0.4 is 0 Å². The second kappa shape index (κ2) is 5.87. The van der Waals surface area contributed by atoms with Crippen molar-refractivity contribution < 1.29 is 4.89 Å². The van der Waals surface area contributed by atoms with Crippen molar-refractivity contribution in [1.29, 1.82) is 0 Å². The fraction of sp³-hybridized carbons (Fsp3) is 1.00. The highest BCUT2D eigenvalue weighted by atomic mass is 35.7. The molecule has 5 heteroatoms. The van der Waals surface area contributed by atoms with Crippen molar-refractivity contribution in [3.8, 4) is 0 Å².